The lowest BCUT2D eigenvalue weighted by Crippen LogP contribution is -2.11. The number of hydrogen-bond acceptors (Lipinski definition) is 3. The van der Waals surface area contributed by atoms with Gasteiger partial charge in [-0.25, -0.2) is 0 Å². The molecule has 1 aromatic rings. The maximum atomic E-state index is 10.8. The van der Waals surface area contributed by atoms with Crippen molar-refractivity contribution in [1.29, 1.82) is 0 Å². The molecule has 0 aliphatic carbocycles. The van der Waals surface area contributed by atoms with Gasteiger partial charge >= 0.3 is 5.97 Å². The van der Waals surface area contributed by atoms with E-state index in [0.717, 1.165) is 5.69 Å². The number of methoxy groups -OCH3 is 1. The average Bonchev–Trinajstić information content (AvgIpc) is 2.16. The van der Waals surface area contributed by atoms with E-state index in [1.807, 2.05) is 6.92 Å². The summed E-state index contributed by atoms with van der Waals surface area (Å²) >= 11 is 0. The zero-order valence-corrected chi connectivity index (χ0v) is 8.44. The first-order chi connectivity index (χ1) is 6.56. The van der Waals surface area contributed by atoms with E-state index in [4.69, 9.17) is 9.84 Å². The molecule has 1 unspecified atom stereocenters. The normalized spacial score (nSPS) is 12.2. The maximum Gasteiger partial charge on any atom is 0.312 e. The highest BCUT2D eigenvalue weighted by Gasteiger charge is 2.19. The van der Waals surface area contributed by atoms with Crippen LogP contribution in [0.15, 0.2) is 12.1 Å². The van der Waals surface area contributed by atoms with Gasteiger partial charge in [-0.3, -0.25) is 9.78 Å². The number of ether oxygens (including phenoxy) is 1. The Hall–Kier alpha value is -1.58. The van der Waals surface area contributed by atoms with Crippen LogP contribution in [-0.2, 0) is 4.79 Å². The molecule has 0 aliphatic heterocycles. The second-order valence-electron chi connectivity index (χ2n) is 3.10. The highest BCUT2D eigenvalue weighted by atomic mass is 16.5. The summed E-state index contributed by atoms with van der Waals surface area (Å²) < 4.78 is 5.05. The Morgan fingerprint density at radius 2 is 2.21 bits per heavy atom. The number of nitrogens with zero attached hydrogens (tertiary/aromatic N) is 1. The monoisotopic (exact) mass is 195 g/mol. The van der Waals surface area contributed by atoms with Gasteiger partial charge in [0.25, 0.3) is 0 Å². The minimum atomic E-state index is -0.901. The van der Waals surface area contributed by atoms with Crippen molar-refractivity contribution in [3.05, 3.63) is 23.5 Å². The van der Waals surface area contributed by atoms with E-state index in [2.05, 4.69) is 4.98 Å². The third kappa shape index (κ3) is 2.02. The Bertz CT molecular complexity index is 349. The van der Waals surface area contributed by atoms with Crippen molar-refractivity contribution in [3.63, 3.8) is 0 Å². The molecule has 1 aromatic heterocycles. The van der Waals surface area contributed by atoms with E-state index in [0.29, 0.717) is 11.4 Å². The minimum absolute atomic E-state index is 0.472. The Balaban J connectivity index is 3.16. The van der Waals surface area contributed by atoms with Crippen LogP contribution in [0.2, 0.25) is 0 Å². The molecule has 4 heteroatoms. The van der Waals surface area contributed by atoms with Gasteiger partial charge in [-0.1, -0.05) is 0 Å². The lowest BCUT2D eigenvalue weighted by atomic mass is 10.1. The second-order valence-corrected chi connectivity index (χ2v) is 3.10. The van der Waals surface area contributed by atoms with E-state index in [-0.39, 0.29) is 0 Å². The molecule has 1 N–H and O–H groups in total. The Morgan fingerprint density at radius 1 is 1.57 bits per heavy atom. The summed E-state index contributed by atoms with van der Waals surface area (Å²) in [6, 6.07) is 3.52. The van der Waals surface area contributed by atoms with Crippen LogP contribution in [0.3, 0.4) is 0 Å². The molecule has 0 spiro atoms. The van der Waals surface area contributed by atoms with Crippen LogP contribution in [0.25, 0.3) is 0 Å². The predicted molar refractivity (Wildman–Crippen MR) is 51.6 cm³/mol. The Kier molecular flexibility index (Phi) is 3.06. The number of hydrogen-bond donors (Lipinski definition) is 1. The Morgan fingerprint density at radius 3 is 2.71 bits per heavy atom. The number of aliphatic carboxylic acids is 1. The summed E-state index contributed by atoms with van der Waals surface area (Å²) in [5.41, 5.74) is 1.26. The fraction of sp³-hybridized carbons (Fsp3) is 0.400. The SMILES string of the molecule is COc1ccc(C)nc1C(C)C(=O)O. The molecule has 0 aromatic carbocycles. The van der Waals surface area contributed by atoms with Crippen LogP contribution in [0.5, 0.6) is 5.75 Å². The van der Waals surface area contributed by atoms with Gasteiger partial charge in [-0.15, -0.1) is 0 Å². The number of carboxylic acids is 1. The summed E-state index contributed by atoms with van der Waals surface area (Å²) in [6.45, 7) is 3.41. The molecule has 0 saturated heterocycles. The van der Waals surface area contributed by atoms with Gasteiger partial charge in [0.05, 0.1) is 18.7 Å². The van der Waals surface area contributed by atoms with Gasteiger partial charge in [0.2, 0.25) is 0 Å². The van der Waals surface area contributed by atoms with Crippen molar-refractivity contribution in [1.82, 2.24) is 4.98 Å². The first-order valence-electron chi connectivity index (χ1n) is 4.30. The molecule has 0 aliphatic rings. The van der Waals surface area contributed by atoms with E-state index in [9.17, 15) is 4.79 Å². The summed E-state index contributed by atoms with van der Waals surface area (Å²) in [7, 11) is 1.50. The molecule has 1 atom stereocenters. The zero-order valence-electron chi connectivity index (χ0n) is 8.44. The number of aromatic nitrogens is 1. The Labute approximate surface area is 82.5 Å². The molecule has 0 amide bonds. The summed E-state index contributed by atoms with van der Waals surface area (Å²) in [4.78, 5) is 14.9. The third-order valence-corrected chi connectivity index (χ3v) is 2.03. The van der Waals surface area contributed by atoms with Crippen molar-refractivity contribution >= 4 is 5.97 Å². The fourth-order valence-corrected chi connectivity index (χ4v) is 1.16. The third-order valence-electron chi connectivity index (χ3n) is 2.03. The first-order valence-corrected chi connectivity index (χ1v) is 4.30. The van der Waals surface area contributed by atoms with Crippen LogP contribution < -0.4 is 4.74 Å². The van der Waals surface area contributed by atoms with Crippen molar-refractivity contribution < 1.29 is 14.6 Å². The van der Waals surface area contributed by atoms with Gasteiger partial charge in [0.1, 0.15) is 5.75 Å². The minimum Gasteiger partial charge on any atom is -0.495 e. The first kappa shape index (κ1) is 10.5. The molecule has 4 nitrogen and oxygen atoms in total. The number of carbonyl (C=O) groups is 1. The standard InChI is InChI=1S/C10H13NO3/c1-6-4-5-8(14-3)9(11-6)7(2)10(12)13/h4-5,7H,1-3H3,(H,12,13). The van der Waals surface area contributed by atoms with E-state index < -0.39 is 11.9 Å². The lowest BCUT2D eigenvalue weighted by Gasteiger charge is -2.11. The summed E-state index contributed by atoms with van der Waals surface area (Å²) in [5, 5.41) is 8.85. The molecule has 1 heterocycles. The number of carboxylic acid groups (broad SMARTS) is 1. The molecular weight excluding hydrogens is 182 g/mol. The maximum absolute atomic E-state index is 10.8. The van der Waals surface area contributed by atoms with E-state index in [1.165, 1.54) is 7.11 Å². The summed E-state index contributed by atoms with van der Waals surface area (Å²) in [5.74, 6) is -1.03. The molecular formula is C10H13NO3. The average molecular weight is 195 g/mol. The molecule has 0 radical (unpaired) electrons. The van der Waals surface area contributed by atoms with Gasteiger partial charge in [0, 0.05) is 5.69 Å². The van der Waals surface area contributed by atoms with Crippen molar-refractivity contribution in [2.45, 2.75) is 19.8 Å². The number of pyridine rings is 1. The van der Waals surface area contributed by atoms with Gasteiger partial charge < -0.3 is 9.84 Å². The fourth-order valence-electron chi connectivity index (χ4n) is 1.16. The van der Waals surface area contributed by atoms with Crippen LogP contribution in [0, 0.1) is 6.92 Å². The molecule has 14 heavy (non-hydrogen) atoms. The van der Waals surface area contributed by atoms with E-state index >= 15 is 0 Å². The zero-order chi connectivity index (χ0) is 10.7. The molecule has 0 saturated carbocycles. The van der Waals surface area contributed by atoms with Crippen LogP contribution >= 0.6 is 0 Å². The quantitative estimate of drug-likeness (QED) is 0.795. The molecule has 1 rings (SSSR count). The summed E-state index contributed by atoms with van der Waals surface area (Å²) in [6.07, 6.45) is 0. The van der Waals surface area contributed by atoms with Crippen molar-refractivity contribution in [2.24, 2.45) is 0 Å². The number of rotatable bonds is 3. The van der Waals surface area contributed by atoms with E-state index in [1.54, 1.807) is 19.1 Å². The molecule has 0 bridgehead atoms. The molecule has 76 valence electrons. The van der Waals surface area contributed by atoms with Crippen molar-refractivity contribution in [3.8, 4) is 5.75 Å². The van der Waals surface area contributed by atoms with Gasteiger partial charge in [0.15, 0.2) is 0 Å². The van der Waals surface area contributed by atoms with Crippen LogP contribution in [0.4, 0.5) is 0 Å². The number of aryl methyl sites for hydroxylation is 1. The topological polar surface area (TPSA) is 59.4 Å². The smallest absolute Gasteiger partial charge is 0.312 e. The highest BCUT2D eigenvalue weighted by molar-refractivity contribution is 5.75. The van der Waals surface area contributed by atoms with Gasteiger partial charge in [-0.05, 0) is 26.0 Å². The molecule has 0 fully saturated rings. The van der Waals surface area contributed by atoms with Crippen LogP contribution in [0.1, 0.15) is 24.2 Å². The largest absolute Gasteiger partial charge is 0.495 e. The van der Waals surface area contributed by atoms with Crippen LogP contribution in [-0.4, -0.2) is 23.2 Å². The lowest BCUT2D eigenvalue weighted by molar-refractivity contribution is -0.138. The van der Waals surface area contributed by atoms with Crippen molar-refractivity contribution in [2.75, 3.05) is 7.11 Å². The predicted octanol–water partition coefficient (Wildman–Crippen LogP) is 1.59. The highest BCUT2D eigenvalue weighted by Crippen LogP contribution is 2.24. The second kappa shape index (κ2) is 4.09. The van der Waals surface area contributed by atoms with Gasteiger partial charge in [-0.2, -0.15) is 0 Å².